The van der Waals surface area contributed by atoms with Gasteiger partial charge in [-0.15, -0.1) is 0 Å². The summed E-state index contributed by atoms with van der Waals surface area (Å²) in [6.07, 6.45) is 0. The largest absolute Gasteiger partial charge is 0.497 e. The van der Waals surface area contributed by atoms with E-state index in [-0.39, 0.29) is 0 Å². The molecule has 11 heavy (non-hydrogen) atoms. The predicted molar refractivity (Wildman–Crippen MR) is 53.9 cm³/mol. The zero-order valence-electron chi connectivity index (χ0n) is 6.10. The molecule has 1 rings (SSSR count). The van der Waals surface area contributed by atoms with Gasteiger partial charge in [0, 0.05) is 28.2 Å². The Bertz CT molecular complexity index is 296. The molecule has 0 aromatic heterocycles. The van der Waals surface area contributed by atoms with Crippen molar-refractivity contribution < 1.29 is 4.74 Å². The molecule has 1 aromatic carbocycles. The van der Waals surface area contributed by atoms with Crippen LogP contribution in [0, 0.1) is 9.85 Å². The maximum atomic E-state index is 5.03. The first-order valence-corrected chi connectivity index (χ1v) is 4.20. The Labute approximate surface area is 79.9 Å². The molecule has 0 N–H and O–H groups in total. The lowest BCUT2D eigenvalue weighted by molar-refractivity contribution is 0.414. The van der Waals surface area contributed by atoms with Crippen LogP contribution in [-0.4, -0.2) is 7.11 Å². The fraction of sp³-hybridized carbons (Fsp3) is 0.111. The van der Waals surface area contributed by atoms with Crippen LogP contribution in [0.3, 0.4) is 0 Å². The molecule has 0 aliphatic rings. The second-order valence-electron chi connectivity index (χ2n) is 1.95. The molecule has 0 saturated heterocycles. The quantitative estimate of drug-likeness (QED) is 0.555. The zero-order valence-corrected chi connectivity index (χ0v) is 8.25. The third kappa shape index (κ3) is 2.43. The summed E-state index contributed by atoms with van der Waals surface area (Å²) in [6.45, 7) is 0. The summed E-state index contributed by atoms with van der Waals surface area (Å²) in [4.78, 5) is 0. The maximum absolute atomic E-state index is 5.03. The lowest BCUT2D eigenvalue weighted by Gasteiger charge is -1.97. The van der Waals surface area contributed by atoms with E-state index in [4.69, 9.17) is 4.74 Å². The van der Waals surface area contributed by atoms with E-state index in [1.54, 1.807) is 7.11 Å². The van der Waals surface area contributed by atoms with Crippen LogP contribution >= 0.6 is 22.6 Å². The molecule has 2 heteroatoms. The molecule has 1 nitrogen and oxygen atoms in total. The van der Waals surface area contributed by atoms with Crippen LogP contribution in [-0.2, 0) is 0 Å². The topological polar surface area (TPSA) is 9.23 Å². The van der Waals surface area contributed by atoms with E-state index in [0.717, 1.165) is 11.3 Å². The first-order valence-electron chi connectivity index (χ1n) is 3.12. The summed E-state index contributed by atoms with van der Waals surface area (Å²) < 4.78 is 7.83. The number of methoxy groups -OCH3 is 1. The maximum Gasteiger partial charge on any atom is 0.120 e. The van der Waals surface area contributed by atoms with Crippen LogP contribution in [0.4, 0.5) is 0 Å². The zero-order chi connectivity index (χ0) is 8.10. The van der Waals surface area contributed by atoms with Crippen molar-refractivity contribution >= 4 is 22.6 Å². The normalized spacial score (nSPS) is 8.18. The Morgan fingerprint density at radius 2 is 2.27 bits per heavy atom. The summed E-state index contributed by atoms with van der Waals surface area (Å²) >= 11 is 2.01. The van der Waals surface area contributed by atoms with Gasteiger partial charge in [0.15, 0.2) is 0 Å². The molecule has 0 aliphatic heterocycles. The number of rotatable bonds is 1. The minimum Gasteiger partial charge on any atom is -0.497 e. The predicted octanol–water partition coefficient (Wildman–Crippen LogP) is 2.44. The van der Waals surface area contributed by atoms with E-state index in [1.165, 1.54) is 0 Å². The van der Waals surface area contributed by atoms with Crippen molar-refractivity contribution in [1.29, 1.82) is 0 Å². The summed E-state index contributed by atoms with van der Waals surface area (Å²) in [5.74, 6) is 3.79. The molecular weight excluding hydrogens is 251 g/mol. The van der Waals surface area contributed by atoms with Crippen LogP contribution in [0.1, 0.15) is 5.56 Å². The fourth-order valence-electron chi connectivity index (χ4n) is 0.755. The first-order chi connectivity index (χ1) is 5.36. The van der Waals surface area contributed by atoms with Gasteiger partial charge in [0.1, 0.15) is 5.75 Å². The molecule has 0 unspecified atom stereocenters. The van der Waals surface area contributed by atoms with E-state index in [1.807, 2.05) is 46.9 Å². The molecular formula is C9H7IO. The van der Waals surface area contributed by atoms with Gasteiger partial charge >= 0.3 is 0 Å². The van der Waals surface area contributed by atoms with Crippen molar-refractivity contribution in [2.45, 2.75) is 0 Å². The Balaban J connectivity index is 2.97. The third-order valence-corrected chi connectivity index (χ3v) is 1.53. The summed E-state index contributed by atoms with van der Waals surface area (Å²) in [5, 5.41) is 0. The summed E-state index contributed by atoms with van der Waals surface area (Å²) in [6, 6.07) is 7.69. The van der Waals surface area contributed by atoms with E-state index < -0.39 is 0 Å². The van der Waals surface area contributed by atoms with Gasteiger partial charge in [0.25, 0.3) is 0 Å². The lowest BCUT2D eigenvalue weighted by atomic mass is 10.2. The van der Waals surface area contributed by atoms with Crippen molar-refractivity contribution in [2.75, 3.05) is 7.11 Å². The highest BCUT2D eigenvalue weighted by Gasteiger charge is 1.89. The molecule has 0 atom stereocenters. The van der Waals surface area contributed by atoms with Crippen molar-refractivity contribution in [2.24, 2.45) is 0 Å². The Morgan fingerprint density at radius 3 is 2.91 bits per heavy atom. The highest BCUT2D eigenvalue weighted by molar-refractivity contribution is 14.1. The average molecular weight is 258 g/mol. The SMILES string of the molecule is COc1cccc(C#CI)c1. The molecule has 0 amide bonds. The lowest BCUT2D eigenvalue weighted by Crippen LogP contribution is -1.82. The minimum absolute atomic E-state index is 0.849. The van der Waals surface area contributed by atoms with Gasteiger partial charge < -0.3 is 4.74 Å². The Kier molecular flexibility index (Phi) is 3.24. The van der Waals surface area contributed by atoms with Crippen molar-refractivity contribution in [3.63, 3.8) is 0 Å². The molecule has 0 radical (unpaired) electrons. The van der Waals surface area contributed by atoms with Crippen molar-refractivity contribution in [1.82, 2.24) is 0 Å². The monoisotopic (exact) mass is 258 g/mol. The van der Waals surface area contributed by atoms with Crippen LogP contribution in [0.2, 0.25) is 0 Å². The highest BCUT2D eigenvalue weighted by Crippen LogP contribution is 2.11. The van der Waals surface area contributed by atoms with Crippen LogP contribution in [0.5, 0.6) is 5.75 Å². The van der Waals surface area contributed by atoms with Crippen molar-refractivity contribution in [3.05, 3.63) is 29.8 Å². The molecule has 0 spiro atoms. The molecule has 0 saturated carbocycles. The first kappa shape index (κ1) is 8.41. The van der Waals surface area contributed by atoms with Crippen LogP contribution < -0.4 is 4.74 Å². The second kappa shape index (κ2) is 4.24. The van der Waals surface area contributed by atoms with Gasteiger partial charge in [0.05, 0.1) is 7.11 Å². The van der Waals surface area contributed by atoms with Gasteiger partial charge in [0.2, 0.25) is 0 Å². The second-order valence-corrected chi connectivity index (χ2v) is 2.49. The van der Waals surface area contributed by atoms with Crippen LogP contribution in [0.25, 0.3) is 0 Å². The average Bonchev–Trinajstić information content (AvgIpc) is 2.06. The standard InChI is InChI=1S/C9H7IO/c1-11-9-4-2-3-8(7-9)5-6-10/h2-4,7H,1H3. The Morgan fingerprint density at radius 1 is 1.45 bits per heavy atom. The smallest absolute Gasteiger partial charge is 0.120 e. The van der Waals surface area contributed by atoms with Gasteiger partial charge in [-0.25, -0.2) is 0 Å². The summed E-state index contributed by atoms with van der Waals surface area (Å²) in [7, 11) is 1.65. The molecule has 0 bridgehead atoms. The molecule has 0 fully saturated rings. The van der Waals surface area contributed by atoms with Gasteiger partial charge in [-0.3, -0.25) is 0 Å². The van der Waals surface area contributed by atoms with E-state index in [9.17, 15) is 0 Å². The van der Waals surface area contributed by atoms with E-state index in [2.05, 4.69) is 9.85 Å². The Hall–Kier alpha value is -0.690. The van der Waals surface area contributed by atoms with E-state index in [0.29, 0.717) is 0 Å². The number of halogens is 1. The number of hydrogen-bond acceptors (Lipinski definition) is 1. The fourth-order valence-corrected chi connectivity index (χ4v) is 1.07. The minimum atomic E-state index is 0.849. The van der Waals surface area contributed by atoms with Gasteiger partial charge in [-0.05, 0) is 22.1 Å². The van der Waals surface area contributed by atoms with Crippen molar-refractivity contribution in [3.8, 4) is 15.6 Å². The molecule has 56 valence electrons. The van der Waals surface area contributed by atoms with E-state index >= 15 is 0 Å². The third-order valence-electron chi connectivity index (χ3n) is 1.26. The van der Waals surface area contributed by atoms with Gasteiger partial charge in [-0.2, -0.15) is 0 Å². The van der Waals surface area contributed by atoms with Crippen LogP contribution in [0.15, 0.2) is 24.3 Å². The number of ether oxygens (including phenoxy) is 1. The molecule has 0 heterocycles. The summed E-state index contributed by atoms with van der Waals surface area (Å²) in [5.41, 5.74) is 0.985. The number of hydrogen-bond donors (Lipinski definition) is 0. The number of benzene rings is 1. The molecule has 0 aliphatic carbocycles. The highest BCUT2D eigenvalue weighted by atomic mass is 127. The molecule has 1 aromatic rings. The van der Waals surface area contributed by atoms with Gasteiger partial charge in [-0.1, -0.05) is 12.0 Å².